The van der Waals surface area contributed by atoms with Crippen molar-refractivity contribution >= 4 is 37.4 Å². The topological polar surface area (TPSA) is 34.1 Å². The molecular weight excluding hydrogens is 231 g/mol. The van der Waals surface area contributed by atoms with Crippen LogP contribution in [0.25, 0.3) is 6.08 Å². The lowest BCUT2D eigenvalue weighted by molar-refractivity contribution is 0.617. The molecule has 0 aromatic heterocycles. The zero-order chi connectivity index (χ0) is 9.90. The van der Waals surface area contributed by atoms with Crippen LogP contribution in [0.15, 0.2) is 29.7 Å². The summed E-state index contributed by atoms with van der Waals surface area (Å²) in [4.78, 5) is 0. The number of hydrogen-bond donors (Lipinski definition) is 0. The van der Waals surface area contributed by atoms with Crippen LogP contribution < -0.4 is 0 Å². The van der Waals surface area contributed by atoms with Crippen molar-refractivity contribution in [3.05, 3.63) is 40.3 Å². The molecule has 0 saturated heterocycles. The Kier molecular flexibility index (Phi) is 3.36. The van der Waals surface area contributed by atoms with Crippen molar-refractivity contribution in [3.8, 4) is 0 Å². The van der Waals surface area contributed by atoms with Crippen LogP contribution in [0.2, 0.25) is 5.02 Å². The number of benzene rings is 1. The molecular formula is C8H6Cl2O2S. The van der Waals surface area contributed by atoms with Gasteiger partial charge in [-0.15, -0.1) is 0 Å². The van der Waals surface area contributed by atoms with E-state index < -0.39 is 9.05 Å². The Hall–Kier alpha value is -0.510. The summed E-state index contributed by atoms with van der Waals surface area (Å²) in [5, 5.41) is 1.53. The molecule has 13 heavy (non-hydrogen) atoms. The quantitative estimate of drug-likeness (QED) is 0.741. The van der Waals surface area contributed by atoms with Crippen LogP contribution >= 0.6 is 22.3 Å². The first kappa shape index (κ1) is 10.6. The molecule has 2 nitrogen and oxygen atoms in total. The number of hydrogen-bond acceptors (Lipinski definition) is 2. The monoisotopic (exact) mass is 236 g/mol. The predicted octanol–water partition coefficient (Wildman–Crippen LogP) is 2.88. The van der Waals surface area contributed by atoms with Gasteiger partial charge in [-0.05, 0) is 23.8 Å². The molecule has 1 aromatic rings. The Balaban J connectivity index is 2.88. The van der Waals surface area contributed by atoms with E-state index in [1.807, 2.05) is 0 Å². The molecule has 0 amide bonds. The largest absolute Gasteiger partial charge is 0.254 e. The van der Waals surface area contributed by atoms with Crippen LogP contribution in [0.5, 0.6) is 0 Å². The van der Waals surface area contributed by atoms with E-state index in [9.17, 15) is 8.42 Å². The van der Waals surface area contributed by atoms with Crippen molar-refractivity contribution in [3.63, 3.8) is 0 Å². The molecule has 0 N–H and O–H groups in total. The summed E-state index contributed by atoms with van der Waals surface area (Å²) < 4.78 is 21.0. The smallest absolute Gasteiger partial charge is 0.208 e. The van der Waals surface area contributed by atoms with Crippen molar-refractivity contribution in [1.29, 1.82) is 0 Å². The van der Waals surface area contributed by atoms with E-state index in [0.29, 0.717) is 5.02 Å². The van der Waals surface area contributed by atoms with Gasteiger partial charge in [0, 0.05) is 21.1 Å². The van der Waals surface area contributed by atoms with Crippen molar-refractivity contribution in [2.75, 3.05) is 0 Å². The fourth-order valence-corrected chi connectivity index (χ4v) is 1.33. The molecule has 0 fully saturated rings. The first-order chi connectivity index (χ1) is 5.97. The molecule has 0 bridgehead atoms. The Morgan fingerprint density at radius 1 is 1.15 bits per heavy atom. The second-order valence-electron chi connectivity index (χ2n) is 2.33. The van der Waals surface area contributed by atoms with Gasteiger partial charge in [-0.3, -0.25) is 0 Å². The van der Waals surface area contributed by atoms with Crippen LogP contribution in [0.3, 0.4) is 0 Å². The van der Waals surface area contributed by atoms with Crippen LogP contribution in [-0.4, -0.2) is 8.42 Å². The van der Waals surface area contributed by atoms with Crippen molar-refractivity contribution in [2.24, 2.45) is 0 Å². The minimum atomic E-state index is -3.57. The summed E-state index contributed by atoms with van der Waals surface area (Å²) in [5.74, 6) is 0. The zero-order valence-electron chi connectivity index (χ0n) is 6.44. The third-order valence-corrected chi connectivity index (χ3v) is 2.31. The van der Waals surface area contributed by atoms with Crippen LogP contribution in [0.4, 0.5) is 0 Å². The molecule has 0 radical (unpaired) electrons. The lowest BCUT2D eigenvalue weighted by Crippen LogP contribution is -1.79. The highest BCUT2D eigenvalue weighted by atomic mass is 35.7. The van der Waals surface area contributed by atoms with Gasteiger partial charge in [0.2, 0.25) is 0 Å². The van der Waals surface area contributed by atoms with Gasteiger partial charge in [0.15, 0.2) is 0 Å². The molecule has 5 heteroatoms. The molecule has 1 rings (SSSR count). The van der Waals surface area contributed by atoms with Gasteiger partial charge in [0.25, 0.3) is 9.05 Å². The number of rotatable bonds is 2. The summed E-state index contributed by atoms with van der Waals surface area (Å²) in [7, 11) is 1.40. The van der Waals surface area contributed by atoms with E-state index in [1.165, 1.54) is 6.08 Å². The lowest BCUT2D eigenvalue weighted by Gasteiger charge is -1.91. The molecule has 0 spiro atoms. The van der Waals surface area contributed by atoms with Gasteiger partial charge in [0.05, 0.1) is 0 Å². The molecule has 0 saturated carbocycles. The van der Waals surface area contributed by atoms with E-state index >= 15 is 0 Å². The molecule has 0 heterocycles. The molecule has 1 aromatic carbocycles. The average molecular weight is 237 g/mol. The van der Waals surface area contributed by atoms with Gasteiger partial charge in [0.1, 0.15) is 0 Å². The molecule has 0 atom stereocenters. The molecule has 70 valence electrons. The van der Waals surface area contributed by atoms with E-state index in [2.05, 4.69) is 0 Å². The molecule has 0 unspecified atom stereocenters. The minimum absolute atomic E-state index is 0.603. The van der Waals surface area contributed by atoms with Gasteiger partial charge >= 0.3 is 0 Å². The summed E-state index contributed by atoms with van der Waals surface area (Å²) in [6.45, 7) is 0. The first-order valence-electron chi connectivity index (χ1n) is 3.36. The maximum Gasteiger partial charge on any atom is 0.254 e. The predicted molar refractivity (Wildman–Crippen MR) is 55.3 cm³/mol. The summed E-state index contributed by atoms with van der Waals surface area (Å²) >= 11 is 5.63. The normalized spacial score (nSPS) is 12.2. The maximum absolute atomic E-state index is 10.5. The second kappa shape index (κ2) is 4.13. The Morgan fingerprint density at radius 3 is 2.15 bits per heavy atom. The van der Waals surface area contributed by atoms with Crippen molar-refractivity contribution in [1.82, 2.24) is 0 Å². The molecule has 0 aliphatic carbocycles. The highest BCUT2D eigenvalue weighted by Gasteiger charge is 1.96. The minimum Gasteiger partial charge on any atom is -0.208 e. The third-order valence-electron chi connectivity index (χ3n) is 1.29. The first-order valence-corrected chi connectivity index (χ1v) is 6.11. The summed E-state index contributed by atoms with van der Waals surface area (Å²) in [5.41, 5.74) is 0.730. The Bertz CT molecular complexity index is 406. The SMILES string of the molecule is O=S(=O)(Cl)/C=C\c1ccc(Cl)cc1. The standard InChI is InChI=1S/C8H6Cl2O2S/c9-8-3-1-7(2-4-8)5-6-13(10,11)12/h1-6H/b6-5-. The van der Waals surface area contributed by atoms with E-state index in [4.69, 9.17) is 22.3 Å². The molecule has 0 aliphatic rings. The highest BCUT2D eigenvalue weighted by Crippen LogP contribution is 2.11. The van der Waals surface area contributed by atoms with Crippen molar-refractivity contribution in [2.45, 2.75) is 0 Å². The van der Waals surface area contributed by atoms with Crippen LogP contribution in [-0.2, 0) is 9.05 Å². The Morgan fingerprint density at radius 2 is 1.69 bits per heavy atom. The highest BCUT2D eigenvalue weighted by molar-refractivity contribution is 8.16. The zero-order valence-corrected chi connectivity index (χ0v) is 8.77. The van der Waals surface area contributed by atoms with Crippen LogP contribution in [0, 0.1) is 0 Å². The lowest BCUT2D eigenvalue weighted by atomic mass is 10.2. The fourth-order valence-electron chi connectivity index (χ4n) is 0.734. The Labute approximate surface area is 86.2 Å². The van der Waals surface area contributed by atoms with E-state index in [0.717, 1.165) is 11.0 Å². The van der Waals surface area contributed by atoms with Gasteiger partial charge < -0.3 is 0 Å². The maximum atomic E-state index is 10.5. The van der Waals surface area contributed by atoms with Gasteiger partial charge in [-0.1, -0.05) is 23.7 Å². The third kappa shape index (κ3) is 4.31. The van der Waals surface area contributed by atoms with Crippen LogP contribution in [0.1, 0.15) is 5.56 Å². The fraction of sp³-hybridized carbons (Fsp3) is 0. The average Bonchev–Trinajstić information content (AvgIpc) is 2.02. The summed E-state index contributed by atoms with van der Waals surface area (Å²) in [6.07, 6.45) is 1.40. The summed E-state index contributed by atoms with van der Waals surface area (Å²) in [6, 6.07) is 6.73. The van der Waals surface area contributed by atoms with Crippen molar-refractivity contribution < 1.29 is 8.42 Å². The molecule has 0 aliphatic heterocycles. The second-order valence-corrected chi connectivity index (χ2v) is 5.28. The van der Waals surface area contributed by atoms with E-state index in [1.54, 1.807) is 24.3 Å². The van der Waals surface area contributed by atoms with Gasteiger partial charge in [-0.2, -0.15) is 0 Å². The van der Waals surface area contributed by atoms with E-state index in [-0.39, 0.29) is 0 Å². The van der Waals surface area contributed by atoms with Gasteiger partial charge in [-0.25, -0.2) is 8.42 Å². The number of halogens is 2.